The van der Waals surface area contributed by atoms with Gasteiger partial charge in [0.15, 0.2) is 0 Å². The summed E-state index contributed by atoms with van der Waals surface area (Å²) in [6, 6.07) is 3.61. The minimum absolute atomic E-state index is 0.278. The van der Waals surface area contributed by atoms with Crippen LogP contribution in [0.15, 0.2) is 17.5 Å². The Balaban J connectivity index is 2.63. The van der Waals surface area contributed by atoms with E-state index in [1.165, 1.54) is 11.3 Å². The number of thiophene rings is 1. The first-order chi connectivity index (χ1) is 6.74. The Morgan fingerprint density at radius 1 is 1.50 bits per heavy atom. The van der Waals surface area contributed by atoms with Crippen LogP contribution in [0.1, 0.15) is 6.92 Å². The maximum atomic E-state index is 9.47. The molecular formula is C10H11NO2S. The Labute approximate surface area is 85.7 Å². The van der Waals surface area contributed by atoms with E-state index in [4.69, 9.17) is 10.5 Å². The van der Waals surface area contributed by atoms with Crippen LogP contribution in [0.25, 0.3) is 10.1 Å². The third-order valence-electron chi connectivity index (χ3n) is 2.02. The van der Waals surface area contributed by atoms with Crippen molar-refractivity contribution in [3.05, 3.63) is 17.5 Å². The van der Waals surface area contributed by atoms with Crippen LogP contribution >= 0.6 is 11.3 Å². The lowest BCUT2D eigenvalue weighted by Crippen LogP contribution is -1.96. The highest BCUT2D eigenvalue weighted by molar-refractivity contribution is 7.18. The summed E-state index contributed by atoms with van der Waals surface area (Å²) in [7, 11) is 0. The molecule has 0 aliphatic carbocycles. The van der Waals surface area contributed by atoms with Gasteiger partial charge < -0.3 is 15.6 Å². The molecule has 0 amide bonds. The first kappa shape index (κ1) is 9.15. The normalized spacial score (nSPS) is 10.6. The van der Waals surface area contributed by atoms with Crippen LogP contribution in [0.5, 0.6) is 11.5 Å². The number of nitrogens with two attached hydrogens (primary N) is 1. The molecule has 2 aromatic rings. The molecule has 1 aromatic carbocycles. The number of ether oxygens (including phenoxy) is 1. The number of hydrogen-bond donors (Lipinski definition) is 2. The summed E-state index contributed by atoms with van der Waals surface area (Å²) < 4.78 is 6.24. The minimum Gasteiger partial charge on any atom is -0.506 e. The highest BCUT2D eigenvalue weighted by Crippen LogP contribution is 2.39. The predicted molar refractivity (Wildman–Crippen MR) is 59.1 cm³/mol. The number of nitrogen functional groups attached to an aromatic ring is 1. The molecule has 0 saturated heterocycles. The van der Waals surface area contributed by atoms with Gasteiger partial charge in [0.25, 0.3) is 0 Å². The number of fused-ring (bicyclic) bond motifs is 1. The summed E-state index contributed by atoms with van der Waals surface area (Å²) >= 11 is 1.43. The average Bonchev–Trinajstić information content (AvgIpc) is 2.54. The SMILES string of the molecule is CCOc1ccc2c(O)csc2c1N. The van der Waals surface area contributed by atoms with Crippen LogP contribution < -0.4 is 10.5 Å². The minimum atomic E-state index is 0.278. The Kier molecular flexibility index (Phi) is 2.21. The fourth-order valence-electron chi connectivity index (χ4n) is 1.37. The van der Waals surface area contributed by atoms with Crippen molar-refractivity contribution in [3.8, 4) is 11.5 Å². The van der Waals surface area contributed by atoms with E-state index in [-0.39, 0.29) is 5.75 Å². The maximum absolute atomic E-state index is 9.47. The molecule has 4 heteroatoms. The van der Waals surface area contributed by atoms with Crippen LogP contribution in [0, 0.1) is 0 Å². The van der Waals surface area contributed by atoms with Crippen LogP contribution in [0.3, 0.4) is 0 Å². The van der Waals surface area contributed by atoms with E-state index >= 15 is 0 Å². The lowest BCUT2D eigenvalue weighted by atomic mass is 10.2. The molecule has 0 saturated carbocycles. The largest absolute Gasteiger partial charge is 0.506 e. The molecule has 1 heterocycles. The molecule has 0 aliphatic rings. The van der Waals surface area contributed by atoms with Crippen molar-refractivity contribution in [2.45, 2.75) is 6.92 Å². The molecule has 0 bridgehead atoms. The number of benzene rings is 1. The van der Waals surface area contributed by atoms with Crippen molar-refractivity contribution in [2.24, 2.45) is 0 Å². The van der Waals surface area contributed by atoms with E-state index in [1.54, 1.807) is 11.4 Å². The topological polar surface area (TPSA) is 55.5 Å². The fraction of sp³-hybridized carbons (Fsp3) is 0.200. The van der Waals surface area contributed by atoms with Crippen molar-refractivity contribution in [1.82, 2.24) is 0 Å². The first-order valence-electron chi connectivity index (χ1n) is 4.35. The second-order valence-corrected chi connectivity index (χ2v) is 3.79. The zero-order chi connectivity index (χ0) is 10.1. The maximum Gasteiger partial charge on any atom is 0.143 e. The van der Waals surface area contributed by atoms with Gasteiger partial charge in [-0.3, -0.25) is 0 Å². The lowest BCUT2D eigenvalue weighted by Gasteiger charge is -2.06. The van der Waals surface area contributed by atoms with Gasteiger partial charge >= 0.3 is 0 Å². The number of anilines is 1. The molecule has 0 spiro atoms. The Morgan fingerprint density at radius 3 is 3.00 bits per heavy atom. The van der Waals surface area contributed by atoms with Gasteiger partial charge in [-0.1, -0.05) is 0 Å². The van der Waals surface area contributed by atoms with Crippen molar-refractivity contribution in [1.29, 1.82) is 0 Å². The van der Waals surface area contributed by atoms with Crippen LogP contribution in [0.2, 0.25) is 0 Å². The van der Waals surface area contributed by atoms with E-state index in [9.17, 15) is 5.11 Å². The predicted octanol–water partition coefficient (Wildman–Crippen LogP) is 2.59. The second-order valence-electron chi connectivity index (χ2n) is 2.91. The van der Waals surface area contributed by atoms with Gasteiger partial charge in [-0.05, 0) is 19.1 Å². The summed E-state index contributed by atoms with van der Waals surface area (Å²) in [5.74, 6) is 0.960. The van der Waals surface area contributed by atoms with Gasteiger partial charge in [-0.2, -0.15) is 0 Å². The van der Waals surface area contributed by atoms with Crippen LogP contribution in [0.4, 0.5) is 5.69 Å². The highest BCUT2D eigenvalue weighted by atomic mass is 32.1. The summed E-state index contributed by atoms with van der Waals surface area (Å²) in [5.41, 5.74) is 6.50. The molecule has 0 fully saturated rings. The monoisotopic (exact) mass is 209 g/mol. The van der Waals surface area contributed by atoms with Crippen molar-refractivity contribution in [2.75, 3.05) is 12.3 Å². The van der Waals surface area contributed by atoms with Crippen molar-refractivity contribution >= 4 is 27.1 Å². The molecule has 74 valence electrons. The Morgan fingerprint density at radius 2 is 2.29 bits per heavy atom. The Hall–Kier alpha value is -1.42. The molecule has 0 atom stereocenters. The lowest BCUT2D eigenvalue weighted by molar-refractivity contribution is 0.342. The van der Waals surface area contributed by atoms with E-state index in [2.05, 4.69) is 0 Å². The zero-order valence-corrected chi connectivity index (χ0v) is 8.60. The van der Waals surface area contributed by atoms with Gasteiger partial charge in [-0.15, -0.1) is 11.3 Å². The van der Waals surface area contributed by atoms with Crippen molar-refractivity contribution < 1.29 is 9.84 Å². The summed E-state index contributed by atoms with van der Waals surface area (Å²) in [4.78, 5) is 0. The van der Waals surface area contributed by atoms with Gasteiger partial charge in [0.1, 0.15) is 11.5 Å². The third-order valence-corrected chi connectivity index (χ3v) is 3.04. The molecule has 0 unspecified atom stereocenters. The summed E-state index contributed by atoms with van der Waals surface area (Å²) in [6.45, 7) is 2.50. The molecular weight excluding hydrogens is 198 g/mol. The van der Waals surface area contributed by atoms with Crippen LogP contribution in [-0.4, -0.2) is 11.7 Å². The van der Waals surface area contributed by atoms with Gasteiger partial charge in [0.05, 0.1) is 17.0 Å². The van der Waals surface area contributed by atoms with Crippen LogP contribution in [-0.2, 0) is 0 Å². The number of aromatic hydroxyl groups is 1. The van der Waals surface area contributed by atoms with Gasteiger partial charge in [-0.25, -0.2) is 0 Å². The van der Waals surface area contributed by atoms with E-state index in [0.29, 0.717) is 18.0 Å². The van der Waals surface area contributed by atoms with E-state index < -0.39 is 0 Å². The van der Waals surface area contributed by atoms with Gasteiger partial charge in [0.2, 0.25) is 0 Å². The zero-order valence-electron chi connectivity index (χ0n) is 7.78. The molecule has 3 nitrogen and oxygen atoms in total. The quantitative estimate of drug-likeness (QED) is 0.747. The molecule has 3 N–H and O–H groups in total. The highest BCUT2D eigenvalue weighted by Gasteiger charge is 2.09. The third kappa shape index (κ3) is 1.28. The number of hydrogen-bond acceptors (Lipinski definition) is 4. The molecule has 14 heavy (non-hydrogen) atoms. The summed E-state index contributed by atoms with van der Waals surface area (Å²) in [5, 5.41) is 11.9. The van der Waals surface area contributed by atoms with E-state index in [0.717, 1.165) is 10.1 Å². The molecule has 0 aliphatic heterocycles. The molecule has 1 aromatic heterocycles. The average molecular weight is 209 g/mol. The molecule has 0 radical (unpaired) electrons. The second kappa shape index (κ2) is 3.38. The Bertz CT molecular complexity index is 464. The smallest absolute Gasteiger partial charge is 0.143 e. The first-order valence-corrected chi connectivity index (χ1v) is 5.23. The number of rotatable bonds is 2. The standard InChI is InChI=1S/C10H11NO2S/c1-2-13-8-4-3-6-7(12)5-14-10(6)9(8)11/h3-5,12H,2,11H2,1H3. The molecule has 2 rings (SSSR count). The van der Waals surface area contributed by atoms with Gasteiger partial charge in [0, 0.05) is 10.8 Å². The fourth-order valence-corrected chi connectivity index (χ4v) is 2.25. The summed E-state index contributed by atoms with van der Waals surface area (Å²) in [6.07, 6.45) is 0. The van der Waals surface area contributed by atoms with Crippen molar-refractivity contribution in [3.63, 3.8) is 0 Å². The van der Waals surface area contributed by atoms with E-state index in [1.807, 2.05) is 13.0 Å².